The number of nitro groups is 1. The Hall–Kier alpha value is -2.25. The topological polar surface area (TPSA) is 155 Å². The second-order valence-electron chi connectivity index (χ2n) is 9.87. The van der Waals surface area contributed by atoms with E-state index in [0.29, 0.717) is 164 Å². The van der Waals surface area contributed by atoms with Gasteiger partial charge in [-0.1, -0.05) is 0 Å². The van der Waals surface area contributed by atoms with Gasteiger partial charge in [-0.15, -0.1) is 0 Å². The number of aromatic nitrogens is 1. The van der Waals surface area contributed by atoms with Crippen LogP contribution in [0.25, 0.3) is 0 Å². The summed E-state index contributed by atoms with van der Waals surface area (Å²) >= 11 is 0. The standard InChI is InChI=1S/C29H50N4O12/c34-33(35)27-1-2-28(31-3-7-36-11-15-40-19-23-44-24-20-41-16-12-37-8-4-31)30-29(27)32-5-9-38-13-17-42-21-25-45-26-22-43-18-14-39-10-6-32/h1-2H,3-26H2. The number of anilines is 2. The van der Waals surface area contributed by atoms with Crippen molar-refractivity contribution in [3.63, 3.8) is 0 Å². The van der Waals surface area contributed by atoms with E-state index < -0.39 is 4.92 Å². The molecule has 0 aromatic carbocycles. The van der Waals surface area contributed by atoms with Crippen molar-refractivity contribution in [2.75, 3.05) is 168 Å². The maximum atomic E-state index is 12.1. The zero-order valence-electron chi connectivity index (χ0n) is 26.3. The van der Waals surface area contributed by atoms with Gasteiger partial charge in [-0.2, -0.15) is 0 Å². The quantitative estimate of drug-likeness (QED) is 0.336. The van der Waals surface area contributed by atoms with Crippen LogP contribution < -0.4 is 9.80 Å². The minimum Gasteiger partial charge on any atom is -0.377 e. The highest BCUT2D eigenvalue weighted by Crippen LogP contribution is 2.29. The molecule has 0 N–H and O–H groups in total. The molecule has 45 heavy (non-hydrogen) atoms. The molecule has 3 rings (SSSR count). The third-order valence-corrected chi connectivity index (χ3v) is 6.66. The normalized spacial score (nSPS) is 22.0. The Morgan fingerprint density at radius 2 is 0.756 bits per heavy atom. The van der Waals surface area contributed by atoms with E-state index in [4.69, 9.17) is 52.4 Å². The van der Waals surface area contributed by atoms with E-state index >= 15 is 0 Å². The van der Waals surface area contributed by atoms with E-state index in [1.54, 1.807) is 6.07 Å². The molecule has 16 heteroatoms. The van der Waals surface area contributed by atoms with Gasteiger partial charge >= 0.3 is 5.69 Å². The van der Waals surface area contributed by atoms with Crippen LogP contribution in [0.5, 0.6) is 0 Å². The number of hydrogen-bond donors (Lipinski definition) is 0. The van der Waals surface area contributed by atoms with E-state index in [2.05, 4.69) is 0 Å². The Kier molecular flexibility index (Phi) is 20.6. The molecule has 0 amide bonds. The van der Waals surface area contributed by atoms with Crippen molar-refractivity contribution in [2.24, 2.45) is 0 Å². The molecule has 0 unspecified atom stereocenters. The van der Waals surface area contributed by atoms with Crippen LogP contribution in [0, 0.1) is 10.1 Å². The molecule has 2 aliphatic rings. The molecule has 2 fully saturated rings. The van der Waals surface area contributed by atoms with E-state index in [1.165, 1.54) is 6.07 Å². The lowest BCUT2D eigenvalue weighted by Crippen LogP contribution is -2.35. The first-order valence-corrected chi connectivity index (χ1v) is 15.7. The Labute approximate surface area is 265 Å². The van der Waals surface area contributed by atoms with Crippen molar-refractivity contribution in [3.8, 4) is 0 Å². The summed E-state index contributed by atoms with van der Waals surface area (Å²) < 4.78 is 56.2. The minimum absolute atomic E-state index is 0.0975. The molecule has 0 bridgehead atoms. The molecule has 0 radical (unpaired) electrons. The van der Waals surface area contributed by atoms with E-state index in [0.717, 1.165) is 0 Å². The Balaban J connectivity index is 1.70. The lowest BCUT2D eigenvalue weighted by atomic mass is 10.3. The smallest absolute Gasteiger partial charge is 0.311 e. The third-order valence-electron chi connectivity index (χ3n) is 6.66. The summed E-state index contributed by atoms with van der Waals surface area (Å²) in [4.78, 5) is 20.3. The average molecular weight is 647 g/mol. The van der Waals surface area contributed by atoms with Crippen LogP contribution in [0.15, 0.2) is 12.1 Å². The van der Waals surface area contributed by atoms with E-state index in [9.17, 15) is 10.1 Å². The maximum Gasteiger partial charge on any atom is 0.311 e. The zero-order chi connectivity index (χ0) is 31.6. The highest BCUT2D eigenvalue weighted by molar-refractivity contribution is 5.62. The lowest BCUT2D eigenvalue weighted by molar-refractivity contribution is -0.384. The van der Waals surface area contributed by atoms with Gasteiger partial charge in [0.15, 0.2) is 0 Å². The molecule has 0 saturated carbocycles. The molecule has 0 spiro atoms. The van der Waals surface area contributed by atoms with E-state index in [-0.39, 0.29) is 11.5 Å². The second kappa shape index (κ2) is 24.9. The van der Waals surface area contributed by atoms with Crippen molar-refractivity contribution in [2.45, 2.75) is 0 Å². The molecule has 1 aromatic heterocycles. The number of nitrogens with zero attached hydrogens (tertiary/aromatic N) is 4. The van der Waals surface area contributed by atoms with Crippen LogP contribution in [0.1, 0.15) is 0 Å². The molecular weight excluding hydrogens is 596 g/mol. The van der Waals surface area contributed by atoms with Gasteiger partial charge in [0.1, 0.15) is 5.82 Å². The average Bonchev–Trinajstić information content (AvgIpc) is 3.04. The lowest BCUT2D eigenvalue weighted by Gasteiger charge is -2.27. The first kappa shape index (κ1) is 37.2. The van der Waals surface area contributed by atoms with Gasteiger partial charge in [-0.05, 0) is 6.07 Å². The van der Waals surface area contributed by atoms with Crippen molar-refractivity contribution in [1.29, 1.82) is 0 Å². The van der Waals surface area contributed by atoms with Gasteiger partial charge in [-0.3, -0.25) is 10.1 Å². The molecular formula is C29H50N4O12. The number of pyridine rings is 1. The van der Waals surface area contributed by atoms with Gasteiger partial charge in [-0.25, -0.2) is 4.98 Å². The first-order valence-electron chi connectivity index (χ1n) is 15.7. The molecule has 3 heterocycles. The summed E-state index contributed by atoms with van der Waals surface area (Å²) in [7, 11) is 0. The Morgan fingerprint density at radius 3 is 1.07 bits per heavy atom. The van der Waals surface area contributed by atoms with Gasteiger partial charge in [0.05, 0.1) is 137 Å². The van der Waals surface area contributed by atoms with Crippen LogP contribution in [0.2, 0.25) is 0 Å². The van der Waals surface area contributed by atoms with Gasteiger partial charge < -0.3 is 57.2 Å². The zero-order valence-corrected chi connectivity index (χ0v) is 26.3. The fourth-order valence-electron chi connectivity index (χ4n) is 4.31. The van der Waals surface area contributed by atoms with E-state index in [1.807, 2.05) is 9.80 Å². The number of rotatable bonds is 3. The van der Waals surface area contributed by atoms with Crippen molar-refractivity contribution >= 4 is 17.3 Å². The summed E-state index contributed by atoms with van der Waals surface area (Å²) in [5, 5.41) is 12.1. The predicted molar refractivity (Wildman–Crippen MR) is 164 cm³/mol. The van der Waals surface area contributed by atoms with Gasteiger partial charge in [0, 0.05) is 32.2 Å². The summed E-state index contributed by atoms with van der Waals surface area (Å²) in [6.07, 6.45) is 0. The van der Waals surface area contributed by atoms with Crippen molar-refractivity contribution in [1.82, 2.24) is 4.98 Å². The highest BCUT2D eigenvalue weighted by Gasteiger charge is 2.24. The summed E-state index contributed by atoms with van der Waals surface area (Å²) in [6.45, 7) is 10.5. The molecule has 1 aromatic rings. The SMILES string of the molecule is O=[N+]([O-])c1ccc(N2CCOCCOCCOCCOCCOCC2)nc1N1CCOCCOCCOCCOCCOCC1. The second-order valence-corrected chi connectivity index (χ2v) is 9.87. The number of hydrogen-bond acceptors (Lipinski definition) is 15. The third kappa shape index (κ3) is 16.8. The van der Waals surface area contributed by atoms with Crippen LogP contribution in [0.3, 0.4) is 0 Å². The Bertz CT molecular complexity index is 867. The number of ether oxygens (including phenoxy) is 10. The van der Waals surface area contributed by atoms with Crippen LogP contribution in [-0.2, 0) is 47.4 Å². The summed E-state index contributed by atoms with van der Waals surface area (Å²) in [5.41, 5.74) is -0.0975. The first-order chi connectivity index (χ1) is 22.3. The monoisotopic (exact) mass is 646 g/mol. The van der Waals surface area contributed by atoms with Crippen molar-refractivity contribution in [3.05, 3.63) is 22.2 Å². The predicted octanol–water partition coefficient (Wildman–Crippen LogP) is 0.796. The Morgan fingerprint density at radius 1 is 0.467 bits per heavy atom. The summed E-state index contributed by atoms with van der Waals surface area (Å²) in [6, 6.07) is 3.15. The van der Waals surface area contributed by atoms with Crippen molar-refractivity contribution < 1.29 is 52.3 Å². The van der Waals surface area contributed by atoms with Crippen LogP contribution in [-0.4, -0.2) is 168 Å². The van der Waals surface area contributed by atoms with Gasteiger partial charge in [0.2, 0.25) is 5.82 Å². The van der Waals surface area contributed by atoms with Crippen LogP contribution in [0.4, 0.5) is 17.3 Å². The molecule has 2 saturated heterocycles. The fourth-order valence-corrected chi connectivity index (χ4v) is 4.31. The highest BCUT2D eigenvalue weighted by atomic mass is 16.6. The maximum absolute atomic E-state index is 12.1. The van der Waals surface area contributed by atoms with Gasteiger partial charge in [0.25, 0.3) is 0 Å². The molecule has 2 aliphatic heterocycles. The molecule has 258 valence electrons. The summed E-state index contributed by atoms with van der Waals surface area (Å²) in [5.74, 6) is 0.821. The van der Waals surface area contributed by atoms with Crippen LogP contribution >= 0.6 is 0 Å². The molecule has 0 aliphatic carbocycles. The molecule has 0 atom stereocenters. The minimum atomic E-state index is -0.417. The fraction of sp³-hybridized carbons (Fsp3) is 0.828. The molecule has 16 nitrogen and oxygen atoms in total. The largest absolute Gasteiger partial charge is 0.377 e.